The molecule has 0 bridgehead atoms. The van der Waals surface area contributed by atoms with Crippen LogP contribution in [-0.2, 0) is 9.59 Å². The van der Waals surface area contributed by atoms with Crippen LogP contribution in [0.15, 0.2) is 0 Å². The lowest BCUT2D eigenvalue weighted by Gasteiger charge is -2.33. The van der Waals surface area contributed by atoms with Gasteiger partial charge in [-0.25, -0.2) is 9.59 Å². The number of carbonyl (C=O) groups excluding carboxylic acids is 2. The lowest BCUT2D eigenvalue weighted by atomic mass is 9.93. The van der Waals surface area contributed by atoms with Gasteiger partial charge >= 0.3 is 12.0 Å². The summed E-state index contributed by atoms with van der Waals surface area (Å²) < 4.78 is 0. The summed E-state index contributed by atoms with van der Waals surface area (Å²) in [6.45, 7) is 4.30. The van der Waals surface area contributed by atoms with Crippen molar-refractivity contribution in [2.45, 2.75) is 38.6 Å². The van der Waals surface area contributed by atoms with Gasteiger partial charge in [-0.05, 0) is 26.2 Å². The van der Waals surface area contributed by atoms with E-state index in [0.29, 0.717) is 32.4 Å². The number of likely N-dealkylation sites (N-methyl/N-ethyl adjacent to an activating group) is 1. The number of likely N-dealkylation sites (tertiary alicyclic amines) is 1. The number of carboxylic acid groups (broad SMARTS) is 1. The van der Waals surface area contributed by atoms with Crippen molar-refractivity contribution in [2.75, 3.05) is 19.6 Å². The molecule has 3 N–H and O–H groups in total. The molecule has 1 unspecified atom stereocenters. The second-order valence-electron chi connectivity index (χ2n) is 4.56. The first kappa shape index (κ1) is 15.3. The first-order valence-electron chi connectivity index (χ1n) is 6.53. The summed E-state index contributed by atoms with van der Waals surface area (Å²) in [5.41, 5.74) is -1.13. The van der Waals surface area contributed by atoms with Gasteiger partial charge in [-0.15, -0.1) is 0 Å². The molecule has 19 heavy (non-hydrogen) atoms. The van der Waals surface area contributed by atoms with Gasteiger partial charge in [-0.2, -0.15) is 0 Å². The lowest BCUT2D eigenvalue weighted by molar-refractivity contribution is -0.148. The molecule has 0 saturated carbocycles. The van der Waals surface area contributed by atoms with Crippen molar-refractivity contribution in [3.8, 4) is 0 Å². The smallest absolute Gasteiger partial charge is 0.329 e. The Morgan fingerprint density at radius 1 is 1.26 bits per heavy atom. The van der Waals surface area contributed by atoms with Gasteiger partial charge in [0.2, 0.25) is 5.91 Å². The Hall–Kier alpha value is -1.79. The van der Waals surface area contributed by atoms with Crippen molar-refractivity contribution < 1.29 is 19.5 Å². The summed E-state index contributed by atoms with van der Waals surface area (Å²) in [6.07, 6.45) is 1.47. The topological polar surface area (TPSA) is 98.7 Å². The van der Waals surface area contributed by atoms with E-state index in [4.69, 9.17) is 0 Å². The molecular weight excluding hydrogens is 250 g/mol. The third kappa shape index (κ3) is 3.15. The molecule has 7 heteroatoms. The fourth-order valence-corrected chi connectivity index (χ4v) is 2.43. The molecule has 1 saturated heterocycles. The van der Waals surface area contributed by atoms with Crippen LogP contribution in [-0.4, -0.2) is 53.1 Å². The molecule has 0 aliphatic carbocycles. The van der Waals surface area contributed by atoms with Crippen LogP contribution in [0, 0.1) is 0 Å². The molecule has 0 aromatic rings. The summed E-state index contributed by atoms with van der Waals surface area (Å²) >= 11 is 0. The minimum absolute atomic E-state index is 0.136. The van der Waals surface area contributed by atoms with E-state index in [0.717, 1.165) is 0 Å². The van der Waals surface area contributed by atoms with Gasteiger partial charge in [0.25, 0.3) is 0 Å². The number of hydrogen-bond donors (Lipinski definition) is 3. The fourth-order valence-electron chi connectivity index (χ4n) is 2.43. The summed E-state index contributed by atoms with van der Waals surface area (Å²) in [5.74, 6) is -1.27. The molecule has 1 heterocycles. The molecule has 1 fully saturated rings. The minimum atomic E-state index is -1.13. The van der Waals surface area contributed by atoms with E-state index < -0.39 is 17.5 Å². The fraction of sp³-hybridized carbons (Fsp3) is 0.750. The van der Waals surface area contributed by atoms with Crippen LogP contribution in [0.3, 0.4) is 0 Å². The first-order chi connectivity index (χ1) is 8.97. The largest absolute Gasteiger partial charge is 0.479 e. The Balaban J connectivity index is 2.65. The molecule has 108 valence electrons. The van der Waals surface area contributed by atoms with Gasteiger partial charge in [-0.1, -0.05) is 6.92 Å². The maximum absolute atomic E-state index is 12.0. The van der Waals surface area contributed by atoms with E-state index in [1.165, 1.54) is 4.90 Å². The summed E-state index contributed by atoms with van der Waals surface area (Å²) in [5, 5.41) is 14.4. The quantitative estimate of drug-likeness (QED) is 0.663. The zero-order valence-corrected chi connectivity index (χ0v) is 11.4. The van der Waals surface area contributed by atoms with Crippen molar-refractivity contribution in [3.63, 3.8) is 0 Å². The van der Waals surface area contributed by atoms with Crippen LogP contribution >= 0.6 is 0 Å². The number of hydrogen-bond acceptors (Lipinski definition) is 3. The Labute approximate surface area is 112 Å². The van der Waals surface area contributed by atoms with Crippen LogP contribution < -0.4 is 10.6 Å². The molecular formula is C12H21N3O4. The molecule has 1 atom stereocenters. The van der Waals surface area contributed by atoms with Gasteiger partial charge in [-0.3, -0.25) is 4.79 Å². The average molecular weight is 271 g/mol. The molecule has 0 radical (unpaired) electrons. The molecule has 1 aliphatic rings. The lowest BCUT2D eigenvalue weighted by Crippen LogP contribution is -2.56. The van der Waals surface area contributed by atoms with Crippen molar-refractivity contribution in [1.82, 2.24) is 15.5 Å². The highest BCUT2D eigenvalue weighted by molar-refractivity contribution is 5.89. The Morgan fingerprint density at radius 3 is 2.47 bits per heavy atom. The molecule has 0 aromatic heterocycles. The van der Waals surface area contributed by atoms with Gasteiger partial charge in [0.15, 0.2) is 0 Å². The van der Waals surface area contributed by atoms with Crippen molar-refractivity contribution in [3.05, 3.63) is 0 Å². The van der Waals surface area contributed by atoms with E-state index in [1.54, 1.807) is 13.8 Å². The number of urea groups is 1. The van der Waals surface area contributed by atoms with E-state index in [2.05, 4.69) is 10.6 Å². The number of rotatable bonds is 5. The standard InChI is InChI=1S/C12H21N3O4/c1-3-12(10(17)18)6-5-7-15(12)11(19)14-8-9(16)13-4-2/h3-8H2,1-2H3,(H,13,16)(H,14,19)(H,17,18). The zero-order valence-electron chi connectivity index (χ0n) is 11.4. The summed E-state index contributed by atoms with van der Waals surface area (Å²) in [4.78, 5) is 36.0. The van der Waals surface area contributed by atoms with E-state index in [1.807, 2.05) is 0 Å². The number of aliphatic carboxylic acids is 1. The number of nitrogens with zero attached hydrogens (tertiary/aromatic N) is 1. The molecule has 1 aliphatic heterocycles. The minimum Gasteiger partial charge on any atom is -0.479 e. The SMILES string of the molecule is CCNC(=O)CNC(=O)N1CCCC1(CC)C(=O)O. The van der Waals surface area contributed by atoms with Crippen LogP contribution in [0.25, 0.3) is 0 Å². The number of amides is 3. The third-order valence-corrected chi connectivity index (χ3v) is 3.49. The molecule has 0 spiro atoms. The van der Waals surface area contributed by atoms with Crippen LogP contribution in [0.2, 0.25) is 0 Å². The second-order valence-corrected chi connectivity index (χ2v) is 4.56. The third-order valence-electron chi connectivity index (χ3n) is 3.49. The molecule has 0 aromatic carbocycles. The van der Waals surface area contributed by atoms with Crippen LogP contribution in [0.1, 0.15) is 33.1 Å². The van der Waals surface area contributed by atoms with Gasteiger partial charge in [0, 0.05) is 13.1 Å². The zero-order chi connectivity index (χ0) is 14.5. The normalized spacial score (nSPS) is 22.1. The summed E-state index contributed by atoms with van der Waals surface area (Å²) in [6, 6.07) is -0.493. The Morgan fingerprint density at radius 2 is 1.95 bits per heavy atom. The summed E-state index contributed by atoms with van der Waals surface area (Å²) in [7, 11) is 0. The van der Waals surface area contributed by atoms with Gasteiger partial charge in [0.05, 0.1) is 6.54 Å². The Bertz CT molecular complexity index is 372. The highest BCUT2D eigenvalue weighted by atomic mass is 16.4. The maximum atomic E-state index is 12.0. The van der Waals surface area contributed by atoms with Gasteiger partial charge in [0.1, 0.15) is 5.54 Å². The predicted octanol–water partition coefficient (Wildman–Crippen LogP) is 0.161. The Kier molecular flexibility index (Phi) is 5.14. The van der Waals surface area contributed by atoms with Crippen molar-refractivity contribution in [2.24, 2.45) is 0 Å². The molecule has 3 amide bonds. The molecule has 1 rings (SSSR count). The maximum Gasteiger partial charge on any atom is 0.329 e. The van der Waals surface area contributed by atoms with E-state index in [9.17, 15) is 19.5 Å². The first-order valence-corrected chi connectivity index (χ1v) is 6.53. The van der Waals surface area contributed by atoms with Crippen molar-refractivity contribution in [1.29, 1.82) is 0 Å². The number of carboxylic acids is 1. The van der Waals surface area contributed by atoms with E-state index in [-0.39, 0.29) is 12.5 Å². The second kappa shape index (κ2) is 6.40. The highest BCUT2D eigenvalue weighted by Crippen LogP contribution is 2.32. The van der Waals surface area contributed by atoms with E-state index >= 15 is 0 Å². The van der Waals surface area contributed by atoms with Crippen LogP contribution in [0.5, 0.6) is 0 Å². The molecule has 7 nitrogen and oxygen atoms in total. The van der Waals surface area contributed by atoms with Crippen molar-refractivity contribution >= 4 is 17.9 Å². The average Bonchev–Trinajstić information content (AvgIpc) is 2.81. The van der Waals surface area contributed by atoms with Crippen LogP contribution in [0.4, 0.5) is 4.79 Å². The number of carbonyl (C=O) groups is 3. The highest BCUT2D eigenvalue weighted by Gasteiger charge is 2.48. The predicted molar refractivity (Wildman–Crippen MR) is 68.7 cm³/mol. The number of nitrogens with one attached hydrogen (secondary N) is 2. The monoisotopic (exact) mass is 271 g/mol. The van der Waals surface area contributed by atoms with Gasteiger partial charge < -0.3 is 20.6 Å².